The number of nitrogens with zero attached hydrogens (tertiary/aromatic N) is 2. The standard InChI is InChI=1S/C14H18N4OS/c1-3-4-5-12(19)16-14-18-17-13(20-14)10-7-6-9(2)11(15)8-10/h6-8H,3-5,15H2,1-2H3,(H,16,18,19). The lowest BCUT2D eigenvalue weighted by Crippen LogP contribution is -2.10. The van der Waals surface area contributed by atoms with Crippen LogP contribution in [0.5, 0.6) is 0 Å². The van der Waals surface area contributed by atoms with E-state index in [0.29, 0.717) is 11.6 Å². The SMILES string of the molecule is CCCCC(=O)Nc1nnc(-c2ccc(C)c(N)c2)s1. The normalized spacial score (nSPS) is 10.5. The molecule has 1 aromatic heterocycles. The molecule has 106 valence electrons. The van der Waals surface area contributed by atoms with Gasteiger partial charge in [0.2, 0.25) is 11.0 Å². The molecule has 5 nitrogen and oxygen atoms in total. The number of nitrogens with two attached hydrogens (primary N) is 1. The van der Waals surface area contributed by atoms with Gasteiger partial charge in [-0.1, -0.05) is 36.8 Å². The van der Waals surface area contributed by atoms with Gasteiger partial charge >= 0.3 is 0 Å². The van der Waals surface area contributed by atoms with Crippen molar-refractivity contribution in [1.82, 2.24) is 10.2 Å². The largest absolute Gasteiger partial charge is 0.398 e. The number of hydrogen-bond donors (Lipinski definition) is 2. The van der Waals surface area contributed by atoms with Gasteiger partial charge in [-0.15, -0.1) is 10.2 Å². The van der Waals surface area contributed by atoms with Crippen LogP contribution in [0.3, 0.4) is 0 Å². The van der Waals surface area contributed by atoms with E-state index in [0.717, 1.165) is 34.7 Å². The van der Waals surface area contributed by atoms with Crippen molar-refractivity contribution in [3.05, 3.63) is 23.8 Å². The van der Waals surface area contributed by atoms with Gasteiger partial charge < -0.3 is 11.1 Å². The van der Waals surface area contributed by atoms with E-state index in [1.165, 1.54) is 11.3 Å². The Hall–Kier alpha value is -1.95. The molecule has 2 aromatic rings. The van der Waals surface area contributed by atoms with E-state index >= 15 is 0 Å². The van der Waals surface area contributed by atoms with E-state index in [4.69, 9.17) is 5.73 Å². The number of aromatic nitrogens is 2. The first kappa shape index (κ1) is 14.5. The number of nitrogen functional groups attached to an aromatic ring is 1. The molecule has 0 unspecified atom stereocenters. The van der Waals surface area contributed by atoms with Gasteiger partial charge in [0, 0.05) is 17.7 Å². The summed E-state index contributed by atoms with van der Waals surface area (Å²) < 4.78 is 0. The minimum atomic E-state index is -0.0158. The Labute approximate surface area is 122 Å². The summed E-state index contributed by atoms with van der Waals surface area (Å²) in [5, 5.41) is 12.1. The first-order valence-corrected chi connectivity index (χ1v) is 7.41. The molecule has 0 radical (unpaired) electrons. The molecule has 0 bridgehead atoms. The molecule has 1 amide bonds. The Kier molecular flexibility index (Phi) is 4.68. The number of nitrogens with one attached hydrogen (secondary N) is 1. The molecule has 6 heteroatoms. The van der Waals surface area contributed by atoms with Crippen molar-refractivity contribution < 1.29 is 4.79 Å². The Morgan fingerprint density at radius 2 is 2.20 bits per heavy atom. The maximum absolute atomic E-state index is 11.6. The highest BCUT2D eigenvalue weighted by Gasteiger charge is 2.10. The van der Waals surface area contributed by atoms with E-state index in [1.54, 1.807) is 0 Å². The number of amides is 1. The first-order valence-electron chi connectivity index (χ1n) is 6.60. The predicted octanol–water partition coefficient (Wildman–Crippen LogP) is 3.22. The first-order chi connectivity index (χ1) is 9.60. The summed E-state index contributed by atoms with van der Waals surface area (Å²) in [5.41, 5.74) is 8.57. The average Bonchev–Trinajstić information content (AvgIpc) is 2.88. The molecule has 1 aromatic carbocycles. The maximum Gasteiger partial charge on any atom is 0.226 e. The third-order valence-corrected chi connectivity index (χ3v) is 3.84. The molecule has 0 saturated carbocycles. The third-order valence-electron chi connectivity index (χ3n) is 2.95. The summed E-state index contributed by atoms with van der Waals surface area (Å²) in [6, 6.07) is 5.78. The molecule has 20 heavy (non-hydrogen) atoms. The van der Waals surface area contributed by atoms with Crippen LogP contribution in [0.4, 0.5) is 10.8 Å². The van der Waals surface area contributed by atoms with Gasteiger partial charge in [0.1, 0.15) is 5.01 Å². The smallest absolute Gasteiger partial charge is 0.226 e. The minimum absolute atomic E-state index is 0.0158. The molecule has 0 spiro atoms. The lowest BCUT2D eigenvalue weighted by atomic mass is 10.1. The summed E-state index contributed by atoms with van der Waals surface area (Å²) in [6.45, 7) is 4.01. The van der Waals surface area contributed by atoms with Crippen LogP contribution in [0.25, 0.3) is 10.6 Å². The van der Waals surface area contributed by atoms with E-state index in [1.807, 2.05) is 25.1 Å². The van der Waals surface area contributed by atoms with Crippen molar-refractivity contribution >= 4 is 28.1 Å². The van der Waals surface area contributed by atoms with Crippen LogP contribution in [0.15, 0.2) is 18.2 Å². The van der Waals surface area contributed by atoms with Crippen LogP contribution < -0.4 is 11.1 Å². The van der Waals surface area contributed by atoms with E-state index in [-0.39, 0.29) is 5.91 Å². The van der Waals surface area contributed by atoms with E-state index in [9.17, 15) is 4.79 Å². The second kappa shape index (κ2) is 6.47. The number of rotatable bonds is 5. The fraction of sp³-hybridized carbons (Fsp3) is 0.357. The summed E-state index contributed by atoms with van der Waals surface area (Å²) in [4.78, 5) is 11.6. The average molecular weight is 290 g/mol. The zero-order valence-corrected chi connectivity index (χ0v) is 12.5. The van der Waals surface area contributed by atoms with Crippen LogP contribution in [0.1, 0.15) is 31.7 Å². The molecule has 0 atom stereocenters. The van der Waals surface area contributed by atoms with Gasteiger partial charge in [0.15, 0.2) is 0 Å². The number of unbranched alkanes of at least 4 members (excludes halogenated alkanes) is 1. The van der Waals surface area contributed by atoms with Crippen LogP contribution in [-0.2, 0) is 4.79 Å². The van der Waals surface area contributed by atoms with Crippen LogP contribution >= 0.6 is 11.3 Å². The summed E-state index contributed by atoms with van der Waals surface area (Å²) in [5.74, 6) is -0.0158. The number of aryl methyl sites for hydroxylation is 1. The molecule has 1 heterocycles. The lowest BCUT2D eigenvalue weighted by Gasteiger charge is -2.01. The Bertz CT molecular complexity index is 609. The van der Waals surface area contributed by atoms with Crippen molar-refractivity contribution in [1.29, 1.82) is 0 Å². The van der Waals surface area contributed by atoms with Gasteiger partial charge in [-0.3, -0.25) is 4.79 Å². The number of anilines is 2. The minimum Gasteiger partial charge on any atom is -0.398 e. The monoisotopic (exact) mass is 290 g/mol. The topological polar surface area (TPSA) is 80.9 Å². The zero-order valence-electron chi connectivity index (χ0n) is 11.6. The molecule has 0 fully saturated rings. The fourth-order valence-corrected chi connectivity index (χ4v) is 2.44. The van der Waals surface area contributed by atoms with Crippen LogP contribution in [-0.4, -0.2) is 16.1 Å². The maximum atomic E-state index is 11.6. The van der Waals surface area contributed by atoms with Gasteiger partial charge in [-0.25, -0.2) is 0 Å². The van der Waals surface area contributed by atoms with Crippen molar-refractivity contribution in [3.63, 3.8) is 0 Å². The Balaban J connectivity index is 2.08. The van der Waals surface area contributed by atoms with E-state index < -0.39 is 0 Å². The number of benzene rings is 1. The number of carbonyl (C=O) groups excluding carboxylic acids is 1. The highest BCUT2D eigenvalue weighted by atomic mass is 32.1. The lowest BCUT2D eigenvalue weighted by molar-refractivity contribution is -0.116. The fourth-order valence-electron chi connectivity index (χ4n) is 1.68. The predicted molar refractivity (Wildman–Crippen MR) is 82.6 cm³/mol. The molecule has 3 N–H and O–H groups in total. The van der Waals surface area contributed by atoms with Gasteiger partial charge in [0.25, 0.3) is 0 Å². The summed E-state index contributed by atoms with van der Waals surface area (Å²) in [6.07, 6.45) is 2.40. The quantitative estimate of drug-likeness (QED) is 0.828. The van der Waals surface area contributed by atoms with Crippen molar-refractivity contribution in [2.24, 2.45) is 0 Å². The van der Waals surface area contributed by atoms with Gasteiger partial charge in [-0.2, -0.15) is 0 Å². The number of carbonyl (C=O) groups is 1. The number of hydrogen-bond acceptors (Lipinski definition) is 5. The Morgan fingerprint density at radius 1 is 1.40 bits per heavy atom. The molecular formula is C14H18N4OS. The van der Waals surface area contributed by atoms with E-state index in [2.05, 4.69) is 22.4 Å². The second-order valence-electron chi connectivity index (χ2n) is 4.64. The summed E-state index contributed by atoms with van der Waals surface area (Å²) in [7, 11) is 0. The third kappa shape index (κ3) is 3.54. The Morgan fingerprint density at radius 3 is 2.90 bits per heavy atom. The van der Waals surface area contributed by atoms with Gasteiger partial charge in [0.05, 0.1) is 0 Å². The van der Waals surface area contributed by atoms with Gasteiger partial charge in [-0.05, 0) is 25.0 Å². The van der Waals surface area contributed by atoms with Crippen molar-refractivity contribution in [2.75, 3.05) is 11.1 Å². The summed E-state index contributed by atoms with van der Waals surface area (Å²) >= 11 is 1.35. The van der Waals surface area contributed by atoms with Crippen molar-refractivity contribution in [3.8, 4) is 10.6 Å². The molecule has 0 saturated heterocycles. The molecular weight excluding hydrogens is 272 g/mol. The van der Waals surface area contributed by atoms with Crippen LogP contribution in [0.2, 0.25) is 0 Å². The second-order valence-corrected chi connectivity index (χ2v) is 5.61. The van der Waals surface area contributed by atoms with Crippen LogP contribution in [0, 0.1) is 6.92 Å². The molecule has 0 aliphatic heterocycles. The molecule has 0 aliphatic rings. The molecule has 2 rings (SSSR count). The highest BCUT2D eigenvalue weighted by Crippen LogP contribution is 2.28. The highest BCUT2D eigenvalue weighted by molar-refractivity contribution is 7.18. The van der Waals surface area contributed by atoms with Crippen molar-refractivity contribution in [2.45, 2.75) is 33.1 Å². The zero-order chi connectivity index (χ0) is 14.5. The molecule has 0 aliphatic carbocycles.